The van der Waals surface area contributed by atoms with Crippen LogP contribution in [0.1, 0.15) is 21.5 Å². The Balaban J connectivity index is 2.57. The Hall–Kier alpha value is -1.44. The van der Waals surface area contributed by atoms with Crippen LogP contribution in [0.2, 0.25) is 0 Å². The lowest BCUT2D eigenvalue weighted by molar-refractivity contribution is 0.0950. The molecule has 0 atom stereocenters. The predicted molar refractivity (Wildman–Crippen MR) is 86.5 cm³/mol. The van der Waals surface area contributed by atoms with Crippen molar-refractivity contribution in [3.05, 3.63) is 34.9 Å². The molecule has 0 spiro atoms. The standard InChI is InChI=1S/C15H24N2O4S/c1-12-5-6-14(11-13(12)2)15(18)16-7-8-17(9-10-21-3)22(4,19)20/h5-6,11H,7-10H2,1-4H3,(H,16,18). The zero-order valence-corrected chi connectivity index (χ0v) is 14.4. The number of sulfonamides is 1. The molecule has 0 aliphatic carbocycles. The van der Waals surface area contributed by atoms with Crippen LogP contribution in [0, 0.1) is 13.8 Å². The van der Waals surface area contributed by atoms with Crippen molar-refractivity contribution in [1.29, 1.82) is 0 Å². The molecular weight excluding hydrogens is 304 g/mol. The average molecular weight is 328 g/mol. The van der Waals surface area contributed by atoms with Crippen LogP contribution in [-0.4, -0.2) is 58.2 Å². The summed E-state index contributed by atoms with van der Waals surface area (Å²) in [6.07, 6.45) is 1.15. The Morgan fingerprint density at radius 2 is 1.91 bits per heavy atom. The van der Waals surface area contributed by atoms with Gasteiger partial charge in [-0.3, -0.25) is 4.79 Å². The lowest BCUT2D eigenvalue weighted by Gasteiger charge is -2.19. The fraction of sp³-hybridized carbons (Fsp3) is 0.533. The van der Waals surface area contributed by atoms with Crippen molar-refractivity contribution in [3.63, 3.8) is 0 Å². The number of aryl methyl sites for hydroxylation is 2. The fourth-order valence-corrected chi connectivity index (χ4v) is 2.74. The third-order valence-corrected chi connectivity index (χ3v) is 4.73. The van der Waals surface area contributed by atoms with Crippen LogP contribution in [0.3, 0.4) is 0 Å². The highest BCUT2D eigenvalue weighted by Gasteiger charge is 2.16. The molecule has 0 bridgehead atoms. The Morgan fingerprint density at radius 1 is 1.23 bits per heavy atom. The van der Waals surface area contributed by atoms with Crippen LogP contribution in [0.15, 0.2) is 18.2 Å². The van der Waals surface area contributed by atoms with Gasteiger partial charge in [0.25, 0.3) is 5.91 Å². The molecule has 7 heteroatoms. The highest BCUT2D eigenvalue weighted by Crippen LogP contribution is 2.09. The van der Waals surface area contributed by atoms with Gasteiger partial charge in [0, 0.05) is 32.3 Å². The number of rotatable bonds is 8. The number of carbonyl (C=O) groups excluding carboxylic acids is 1. The van der Waals surface area contributed by atoms with E-state index in [2.05, 4.69) is 5.32 Å². The van der Waals surface area contributed by atoms with Gasteiger partial charge in [-0.1, -0.05) is 6.07 Å². The normalized spacial score (nSPS) is 11.7. The first-order chi connectivity index (χ1) is 10.3. The summed E-state index contributed by atoms with van der Waals surface area (Å²) < 4.78 is 29.4. The van der Waals surface area contributed by atoms with Crippen molar-refractivity contribution in [2.24, 2.45) is 0 Å². The van der Waals surface area contributed by atoms with Crippen LogP contribution >= 0.6 is 0 Å². The average Bonchev–Trinajstić information content (AvgIpc) is 2.44. The van der Waals surface area contributed by atoms with E-state index >= 15 is 0 Å². The Kier molecular flexibility index (Phi) is 6.99. The number of hydrogen-bond acceptors (Lipinski definition) is 4. The Morgan fingerprint density at radius 3 is 2.45 bits per heavy atom. The van der Waals surface area contributed by atoms with E-state index in [0.29, 0.717) is 12.2 Å². The van der Waals surface area contributed by atoms with Gasteiger partial charge in [-0.05, 0) is 37.1 Å². The zero-order valence-electron chi connectivity index (χ0n) is 13.5. The summed E-state index contributed by atoms with van der Waals surface area (Å²) in [6.45, 7) is 4.99. The largest absolute Gasteiger partial charge is 0.383 e. The monoisotopic (exact) mass is 328 g/mol. The van der Waals surface area contributed by atoms with Crippen LogP contribution < -0.4 is 5.32 Å². The van der Waals surface area contributed by atoms with Gasteiger partial charge < -0.3 is 10.1 Å². The van der Waals surface area contributed by atoms with E-state index in [1.165, 1.54) is 11.4 Å². The molecule has 0 fully saturated rings. The maximum atomic E-state index is 12.0. The second-order valence-electron chi connectivity index (χ2n) is 5.21. The van der Waals surface area contributed by atoms with E-state index in [1.54, 1.807) is 6.07 Å². The molecule has 0 unspecified atom stereocenters. The first-order valence-corrected chi connectivity index (χ1v) is 8.90. The molecule has 0 saturated heterocycles. The second-order valence-corrected chi connectivity index (χ2v) is 7.19. The Labute approximate surface area is 132 Å². The third-order valence-electron chi connectivity index (χ3n) is 3.43. The van der Waals surface area contributed by atoms with Crippen LogP contribution in [-0.2, 0) is 14.8 Å². The molecule has 0 aromatic heterocycles. The quantitative estimate of drug-likeness (QED) is 0.771. The van der Waals surface area contributed by atoms with E-state index in [9.17, 15) is 13.2 Å². The second kappa shape index (κ2) is 8.26. The van der Waals surface area contributed by atoms with Gasteiger partial charge in [0.1, 0.15) is 0 Å². The van der Waals surface area contributed by atoms with Gasteiger partial charge in [0.05, 0.1) is 12.9 Å². The summed E-state index contributed by atoms with van der Waals surface area (Å²) in [4.78, 5) is 12.0. The van der Waals surface area contributed by atoms with Crippen LogP contribution in [0.4, 0.5) is 0 Å². The van der Waals surface area contributed by atoms with Crippen molar-refractivity contribution in [3.8, 4) is 0 Å². The SMILES string of the molecule is COCCN(CCNC(=O)c1ccc(C)c(C)c1)S(C)(=O)=O. The molecular formula is C15H24N2O4S. The number of methoxy groups -OCH3 is 1. The van der Waals surface area contributed by atoms with Crippen molar-refractivity contribution >= 4 is 15.9 Å². The summed E-state index contributed by atoms with van der Waals surface area (Å²) >= 11 is 0. The van der Waals surface area contributed by atoms with E-state index in [4.69, 9.17) is 4.74 Å². The van der Waals surface area contributed by atoms with Crippen molar-refractivity contribution in [2.45, 2.75) is 13.8 Å². The number of nitrogens with zero attached hydrogens (tertiary/aromatic N) is 1. The number of ether oxygens (including phenoxy) is 1. The predicted octanol–water partition coefficient (Wildman–Crippen LogP) is 0.941. The first kappa shape index (κ1) is 18.6. The van der Waals surface area contributed by atoms with Crippen molar-refractivity contribution in [2.75, 3.05) is 39.6 Å². The summed E-state index contributed by atoms with van der Waals surface area (Å²) in [5, 5.41) is 2.74. The van der Waals surface area contributed by atoms with E-state index in [1.807, 2.05) is 26.0 Å². The van der Waals surface area contributed by atoms with Gasteiger partial charge in [-0.2, -0.15) is 4.31 Å². The summed E-state index contributed by atoms with van der Waals surface area (Å²) in [5.41, 5.74) is 2.75. The lowest BCUT2D eigenvalue weighted by atomic mass is 10.1. The molecule has 1 rings (SSSR count). The van der Waals surface area contributed by atoms with E-state index < -0.39 is 10.0 Å². The summed E-state index contributed by atoms with van der Waals surface area (Å²) in [5.74, 6) is -0.205. The molecule has 124 valence electrons. The van der Waals surface area contributed by atoms with E-state index in [0.717, 1.165) is 17.4 Å². The van der Waals surface area contributed by atoms with Crippen LogP contribution in [0.25, 0.3) is 0 Å². The number of nitrogens with one attached hydrogen (secondary N) is 1. The summed E-state index contributed by atoms with van der Waals surface area (Å²) in [7, 11) is -1.79. The highest BCUT2D eigenvalue weighted by atomic mass is 32.2. The molecule has 1 aromatic carbocycles. The highest BCUT2D eigenvalue weighted by molar-refractivity contribution is 7.88. The van der Waals surface area contributed by atoms with Gasteiger partial charge in [0.2, 0.25) is 10.0 Å². The number of amides is 1. The number of hydrogen-bond donors (Lipinski definition) is 1. The Bertz CT molecular complexity index is 614. The van der Waals surface area contributed by atoms with Crippen molar-refractivity contribution in [1.82, 2.24) is 9.62 Å². The van der Waals surface area contributed by atoms with Gasteiger partial charge in [0.15, 0.2) is 0 Å². The van der Waals surface area contributed by atoms with E-state index in [-0.39, 0.29) is 25.5 Å². The molecule has 1 amide bonds. The molecule has 1 N–H and O–H groups in total. The summed E-state index contributed by atoms with van der Waals surface area (Å²) in [6, 6.07) is 5.48. The molecule has 22 heavy (non-hydrogen) atoms. The lowest BCUT2D eigenvalue weighted by Crippen LogP contribution is -2.39. The molecule has 0 aliphatic rings. The van der Waals surface area contributed by atoms with Gasteiger partial charge in [-0.15, -0.1) is 0 Å². The van der Waals surface area contributed by atoms with Gasteiger partial charge in [-0.25, -0.2) is 8.42 Å². The third kappa shape index (κ3) is 5.75. The maximum Gasteiger partial charge on any atom is 0.251 e. The minimum Gasteiger partial charge on any atom is -0.383 e. The van der Waals surface area contributed by atoms with Gasteiger partial charge >= 0.3 is 0 Å². The minimum atomic E-state index is -3.31. The minimum absolute atomic E-state index is 0.205. The van der Waals surface area contributed by atoms with Crippen LogP contribution in [0.5, 0.6) is 0 Å². The smallest absolute Gasteiger partial charge is 0.251 e. The number of benzene rings is 1. The fourth-order valence-electron chi connectivity index (χ4n) is 1.92. The molecule has 0 aliphatic heterocycles. The first-order valence-electron chi connectivity index (χ1n) is 7.05. The molecule has 6 nitrogen and oxygen atoms in total. The number of carbonyl (C=O) groups is 1. The molecule has 0 saturated carbocycles. The topological polar surface area (TPSA) is 75.7 Å². The zero-order chi connectivity index (χ0) is 16.8. The molecule has 0 heterocycles. The maximum absolute atomic E-state index is 12.0. The van der Waals surface area contributed by atoms with Crippen molar-refractivity contribution < 1.29 is 17.9 Å². The molecule has 0 radical (unpaired) electrons. The molecule has 1 aromatic rings.